The molecule has 0 heterocycles. The van der Waals surface area contributed by atoms with E-state index in [-0.39, 0.29) is 5.91 Å². The number of carbonyl (C=O) groups is 1. The topological polar surface area (TPSA) is 29.1 Å². The molecule has 0 aliphatic heterocycles. The van der Waals surface area contributed by atoms with Gasteiger partial charge in [-0.1, -0.05) is 24.3 Å². The second-order valence-electron chi connectivity index (χ2n) is 4.29. The molecule has 0 saturated carbocycles. The third kappa shape index (κ3) is 1.30. The summed E-state index contributed by atoms with van der Waals surface area (Å²) in [7, 11) is 0. The molecule has 2 aromatic carbocycles. The Hall–Kier alpha value is -1.83. The summed E-state index contributed by atoms with van der Waals surface area (Å²) >= 11 is 0. The van der Waals surface area contributed by atoms with Gasteiger partial charge in [-0.2, -0.15) is 0 Å². The zero-order valence-electron chi connectivity index (χ0n) is 9.21. The molecular formula is C14H13NO. The van der Waals surface area contributed by atoms with E-state index >= 15 is 0 Å². The average molecular weight is 211 g/mol. The molecule has 0 atom stereocenters. The maximum Gasteiger partial charge on any atom is 0.221 e. The van der Waals surface area contributed by atoms with Gasteiger partial charge in [0, 0.05) is 18.0 Å². The minimum atomic E-state index is -0.0151. The zero-order valence-corrected chi connectivity index (χ0v) is 9.21. The summed E-state index contributed by atoms with van der Waals surface area (Å²) in [6.45, 7) is 1.54. The van der Waals surface area contributed by atoms with Crippen LogP contribution in [-0.2, 0) is 17.6 Å². The lowest BCUT2D eigenvalue weighted by Crippen LogP contribution is -2.06. The van der Waals surface area contributed by atoms with E-state index in [2.05, 4.69) is 29.6 Å². The summed E-state index contributed by atoms with van der Waals surface area (Å²) in [5.74, 6) is -0.0151. The highest BCUT2D eigenvalue weighted by molar-refractivity contribution is 6.04. The summed E-state index contributed by atoms with van der Waals surface area (Å²) in [6, 6.07) is 10.5. The summed E-state index contributed by atoms with van der Waals surface area (Å²) in [6.07, 6.45) is 2.24. The van der Waals surface area contributed by atoms with Crippen LogP contribution < -0.4 is 5.32 Å². The van der Waals surface area contributed by atoms with E-state index in [1.807, 2.05) is 6.07 Å². The minimum Gasteiger partial charge on any atom is -0.326 e. The van der Waals surface area contributed by atoms with Crippen LogP contribution in [0.15, 0.2) is 30.3 Å². The lowest BCUT2D eigenvalue weighted by Gasteiger charge is -2.08. The quantitative estimate of drug-likeness (QED) is 0.772. The third-order valence-electron chi connectivity index (χ3n) is 3.19. The molecule has 0 fully saturated rings. The summed E-state index contributed by atoms with van der Waals surface area (Å²) in [4.78, 5) is 11.1. The van der Waals surface area contributed by atoms with Crippen LogP contribution in [0.4, 0.5) is 5.69 Å². The fourth-order valence-corrected chi connectivity index (χ4v) is 2.55. The fourth-order valence-electron chi connectivity index (χ4n) is 2.55. The highest BCUT2D eigenvalue weighted by atomic mass is 16.1. The van der Waals surface area contributed by atoms with Gasteiger partial charge in [-0.3, -0.25) is 4.79 Å². The Labute approximate surface area is 94.3 Å². The van der Waals surface area contributed by atoms with Crippen molar-refractivity contribution in [3.63, 3.8) is 0 Å². The molecule has 0 unspecified atom stereocenters. The van der Waals surface area contributed by atoms with Gasteiger partial charge < -0.3 is 5.32 Å². The van der Waals surface area contributed by atoms with E-state index in [1.165, 1.54) is 21.9 Å². The van der Waals surface area contributed by atoms with Crippen LogP contribution in [0.2, 0.25) is 0 Å². The van der Waals surface area contributed by atoms with Crippen molar-refractivity contribution in [1.29, 1.82) is 0 Å². The Balaban J connectivity index is 2.29. The Kier molecular flexibility index (Phi) is 1.96. The van der Waals surface area contributed by atoms with Gasteiger partial charge in [0.25, 0.3) is 0 Å². The van der Waals surface area contributed by atoms with Crippen LogP contribution in [-0.4, -0.2) is 5.91 Å². The molecule has 0 bridgehead atoms. The van der Waals surface area contributed by atoms with Crippen molar-refractivity contribution in [2.24, 2.45) is 0 Å². The molecule has 1 amide bonds. The molecule has 2 aromatic rings. The second-order valence-corrected chi connectivity index (χ2v) is 4.29. The molecule has 3 rings (SSSR count). The van der Waals surface area contributed by atoms with Crippen LogP contribution in [0.25, 0.3) is 10.8 Å². The SMILES string of the molecule is CC(=O)Nc1ccc2c3c(cccc13)CC2. The first kappa shape index (κ1) is 9.40. The molecule has 80 valence electrons. The van der Waals surface area contributed by atoms with Crippen LogP contribution in [0.1, 0.15) is 18.1 Å². The van der Waals surface area contributed by atoms with Crippen LogP contribution in [0.5, 0.6) is 0 Å². The van der Waals surface area contributed by atoms with Gasteiger partial charge in [0.2, 0.25) is 5.91 Å². The standard InChI is InChI=1S/C14H13NO/c1-9(16)15-13-8-7-11-6-5-10-3-2-4-12(13)14(10)11/h2-4,7-8H,5-6H2,1H3,(H,15,16). The van der Waals surface area contributed by atoms with Crippen molar-refractivity contribution >= 4 is 22.4 Å². The molecule has 0 spiro atoms. The van der Waals surface area contributed by atoms with E-state index in [0.717, 1.165) is 18.5 Å². The van der Waals surface area contributed by atoms with Gasteiger partial charge in [0.15, 0.2) is 0 Å². The van der Waals surface area contributed by atoms with Gasteiger partial charge >= 0.3 is 0 Å². The second kappa shape index (κ2) is 3.34. The van der Waals surface area contributed by atoms with E-state index in [1.54, 1.807) is 6.92 Å². The van der Waals surface area contributed by atoms with E-state index in [0.29, 0.717) is 0 Å². The third-order valence-corrected chi connectivity index (χ3v) is 3.19. The smallest absolute Gasteiger partial charge is 0.221 e. The molecular weight excluding hydrogens is 198 g/mol. The maximum absolute atomic E-state index is 11.1. The molecule has 1 N–H and O–H groups in total. The molecule has 2 nitrogen and oxygen atoms in total. The number of amides is 1. The highest BCUT2D eigenvalue weighted by Crippen LogP contribution is 2.34. The highest BCUT2D eigenvalue weighted by Gasteiger charge is 2.15. The number of nitrogens with one attached hydrogen (secondary N) is 1. The monoisotopic (exact) mass is 211 g/mol. The number of aryl methyl sites for hydroxylation is 2. The van der Waals surface area contributed by atoms with Crippen LogP contribution in [0, 0.1) is 0 Å². The van der Waals surface area contributed by atoms with Crippen molar-refractivity contribution in [2.45, 2.75) is 19.8 Å². The Morgan fingerprint density at radius 3 is 2.62 bits per heavy atom. The van der Waals surface area contributed by atoms with Crippen molar-refractivity contribution in [3.05, 3.63) is 41.5 Å². The largest absolute Gasteiger partial charge is 0.326 e. The normalized spacial score (nSPS) is 13.1. The average Bonchev–Trinajstić information content (AvgIpc) is 2.67. The maximum atomic E-state index is 11.1. The molecule has 1 aliphatic carbocycles. The van der Waals surface area contributed by atoms with Crippen molar-refractivity contribution < 1.29 is 4.79 Å². The van der Waals surface area contributed by atoms with E-state index in [9.17, 15) is 4.79 Å². The van der Waals surface area contributed by atoms with Crippen molar-refractivity contribution in [2.75, 3.05) is 5.32 Å². The lowest BCUT2D eigenvalue weighted by atomic mass is 10.0. The first-order valence-corrected chi connectivity index (χ1v) is 5.57. The molecule has 0 saturated heterocycles. The summed E-state index contributed by atoms with van der Waals surface area (Å²) in [5.41, 5.74) is 3.73. The van der Waals surface area contributed by atoms with Gasteiger partial charge in [0.05, 0.1) is 0 Å². The number of anilines is 1. The molecule has 16 heavy (non-hydrogen) atoms. The van der Waals surface area contributed by atoms with Crippen molar-refractivity contribution in [3.8, 4) is 0 Å². The van der Waals surface area contributed by atoms with Crippen LogP contribution in [0.3, 0.4) is 0 Å². The number of carbonyl (C=O) groups excluding carboxylic acids is 1. The number of hydrogen-bond acceptors (Lipinski definition) is 1. The summed E-state index contributed by atoms with van der Waals surface area (Å²) < 4.78 is 0. The van der Waals surface area contributed by atoms with Gasteiger partial charge in [0.1, 0.15) is 0 Å². The van der Waals surface area contributed by atoms with E-state index in [4.69, 9.17) is 0 Å². The number of benzene rings is 2. The lowest BCUT2D eigenvalue weighted by molar-refractivity contribution is -0.114. The molecule has 0 radical (unpaired) electrons. The van der Waals surface area contributed by atoms with Gasteiger partial charge in [-0.05, 0) is 35.4 Å². The van der Waals surface area contributed by atoms with E-state index < -0.39 is 0 Å². The van der Waals surface area contributed by atoms with Crippen molar-refractivity contribution in [1.82, 2.24) is 0 Å². The fraction of sp³-hybridized carbons (Fsp3) is 0.214. The Bertz CT molecular complexity index is 576. The number of hydrogen-bond donors (Lipinski definition) is 1. The molecule has 2 heteroatoms. The predicted octanol–water partition coefficient (Wildman–Crippen LogP) is 2.90. The summed E-state index contributed by atoms with van der Waals surface area (Å²) in [5, 5.41) is 5.40. The molecule has 0 aromatic heterocycles. The zero-order chi connectivity index (χ0) is 11.1. The van der Waals surface area contributed by atoms with Crippen LogP contribution >= 0.6 is 0 Å². The Morgan fingerprint density at radius 2 is 1.88 bits per heavy atom. The van der Waals surface area contributed by atoms with Gasteiger partial charge in [-0.25, -0.2) is 0 Å². The minimum absolute atomic E-state index is 0.0151. The molecule has 1 aliphatic rings. The van der Waals surface area contributed by atoms with Gasteiger partial charge in [-0.15, -0.1) is 0 Å². The predicted molar refractivity (Wildman–Crippen MR) is 65.7 cm³/mol. The first-order valence-electron chi connectivity index (χ1n) is 5.57. The first-order chi connectivity index (χ1) is 7.75. The number of rotatable bonds is 1. The Morgan fingerprint density at radius 1 is 1.12 bits per heavy atom.